The molecule has 6 rings (SSSR count). The van der Waals surface area contributed by atoms with Crippen molar-refractivity contribution in [3.63, 3.8) is 0 Å². The predicted octanol–water partition coefficient (Wildman–Crippen LogP) is 5.61. The van der Waals surface area contributed by atoms with Crippen LogP contribution in [0.5, 0.6) is 0 Å². The molecule has 214 valence electrons. The number of hydrogen-bond acceptors (Lipinski definition) is 4. The first-order valence-corrected chi connectivity index (χ1v) is 14.4. The Morgan fingerprint density at radius 3 is 2.50 bits per heavy atom. The van der Waals surface area contributed by atoms with Crippen LogP contribution < -0.4 is 16.7 Å². The fourth-order valence-corrected chi connectivity index (χ4v) is 6.25. The highest BCUT2D eigenvalue weighted by Crippen LogP contribution is 2.41. The molecule has 1 fully saturated rings. The Balaban J connectivity index is 1.47. The van der Waals surface area contributed by atoms with Crippen LogP contribution in [0.4, 0.5) is 5.69 Å². The van der Waals surface area contributed by atoms with Gasteiger partial charge >= 0.3 is 5.69 Å². The van der Waals surface area contributed by atoms with Gasteiger partial charge in [-0.25, -0.2) is 14.0 Å². The number of primary amides is 1. The molecule has 3 aromatic carbocycles. The van der Waals surface area contributed by atoms with E-state index in [1.165, 1.54) is 29.5 Å². The van der Waals surface area contributed by atoms with Gasteiger partial charge in [-0.1, -0.05) is 43.5 Å². The number of carbonyl (C=O) groups excluding carboxylic acids is 2. The van der Waals surface area contributed by atoms with E-state index in [2.05, 4.69) is 40.1 Å². The number of para-hydroxylation sites is 1. The second-order valence-corrected chi connectivity index (χ2v) is 10.9. The second-order valence-electron chi connectivity index (χ2n) is 10.9. The molecule has 0 saturated heterocycles. The Morgan fingerprint density at radius 1 is 1.00 bits per heavy atom. The fourth-order valence-electron chi connectivity index (χ4n) is 6.25. The predicted molar refractivity (Wildman–Crippen MR) is 164 cm³/mol. The molecule has 0 unspecified atom stereocenters. The monoisotopic (exact) mass is 562 g/mol. The van der Waals surface area contributed by atoms with Gasteiger partial charge in [0.2, 0.25) is 5.91 Å². The Morgan fingerprint density at radius 2 is 1.79 bits per heavy atom. The molecule has 0 bridgehead atoms. The largest absolute Gasteiger partial charge is 0.366 e. The lowest BCUT2D eigenvalue weighted by Crippen LogP contribution is -2.21. The average molecular weight is 563 g/mol. The summed E-state index contributed by atoms with van der Waals surface area (Å²) in [7, 11) is 1.65. The van der Waals surface area contributed by atoms with Crippen molar-refractivity contribution in [2.24, 2.45) is 12.8 Å². The summed E-state index contributed by atoms with van der Waals surface area (Å²) >= 11 is 0. The molecule has 1 aliphatic carbocycles. The first kappa shape index (κ1) is 27.3. The summed E-state index contributed by atoms with van der Waals surface area (Å²) in [5.74, 6) is -0.434. The third-order valence-electron chi connectivity index (χ3n) is 8.34. The zero-order chi connectivity index (χ0) is 29.4. The zero-order valence-electron chi connectivity index (χ0n) is 23.8. The summed E-state index contributed by atoms with van der Waals surface area (Å²) in [6, 6.07) is 20.7. The third kappa shape index (κ3) is 4.91. The van der Waals surface area contributed by atoms with Crippen LogP contribution in [0, 0.1) is 0 Å². The second kappa shape index (κ2) is 11.2. The van der Waals surface area contributed by atoms with Gasteiger partial charge in [-0.3, -0.25) is 9.59 Å². The average Bonchev–Trinajstić information content (AvgIpc) is 3.56. The van der Waals surface area contributed by atoms with E-state index in [9.17, 15) is 14.4 Å². The standard InChI is InChI=1S/C33H34N6O3/c1-3-38-29(18-22-11-8-14-27(30(22)38)32(41)36-24-13-7-12-23(17-24)31(34)40)26-16-15-25(39-20-35-37(2)33(39)42)19-28(26)21-9-5-4-6-10-21/h7-8,11-21H,3-6,9-10H2,1-2H3,(H2,34,40)(H,36,41). The lowest BCUT2D eigenvalue weighted by Gasteiger charge is -2.25. The first-order chi connectivity index (χ1) is 20.4. The molecule has 1 saturated carbocycles. The van der Waals surface area contributed by atoms with Crippen molar-refractivity contribution >= 4 is 28.4 Å². The van der Waals surface area contributed by atoms with E-state index in [-0.39, 0.29) is 11.6 Å². The van der Waals surface area contributed by atoms with Crippen LogP contribution in [-0.2, 0) is 13.6 Å². The number of fused-ring (bicyclic) bond motifs is 1. The minimum Gasteiger partial charge on any atom is -0.366 e. The molecule has 0 atom stereocenters. The van der Waals surface area contributed by atoms with E-state index in [1.807, 2.05) is 24.3 Å². The number of aromatic nitrogens is 4. The summed E-state index contributed by atoms with van der Waals surface area (Å²) in [5.41, 5.74) is 11.6. The quantitative estimate of drug-likeness (QED) is 0.268. The van der Waals surface area contributed by atoms with Gasteiger partial charge in [0.1, 0.15) is 6.33 Å². The number of hydrogen-bond donors (Lipinski definition) is 2. The number of amides is 2. The van der Waals surface area contributed by atoms with Crippen molar-refractivity contribution in [2.45, 2.75) is 51.5 Å². The molecule has 1 aliphatic rings. The normalized spacial score (nSPS) is 13.9. The van der Waals surface area contributed by atoms with Crippen molar-refractivity contribution in [1.29, 1.82) is 0 Å². The molecule has 3 N–H and O–H groups in total. The topological polar surface area (TPSA) is 117 Å². The number of nitrogens with zero attached hydrogens (tertiary/aromatic N) is 4. The Kier molecular flexibility index (Phi) is 7.24. The molecule has 2 heterocycles. The SMILES string of the molecule is CCn1c(-c2ccc(-n3cnn(C)c3=O)cc2C2CCCCC2)cc2cccc(C(=O)Nc3cccc(C(N)=O)c3)c21. The van der Waals surface area contributed by atoms with E-state index >= 15 is 0 Å². The molecular formula is C33H34N6O3. The molecule has 0 radical (unpaired) electrons. The molecular weight excluding hydrogens is 528 g/mol. The minimum atomic E-state index is -0.550. The summed E-state index contributed by atoms with van der Waals surface area (Å²) in [4.78, 5) is 38.0. The van der Waals surface area contributed by atoms with Gasteiger partial charge in [-0.05, 0) is 73.7 Å². The van der Waals surface area contributed by atoms with E-state index < -0.39 is 5.91 Å². The van der Waals surface area contributed by atoms with E-state index in [4.69, 9.17) is 5.73 Å². The minimum absolute atomic E-state index is 0.183. The molecule has 0 spiro atoms. The van der Waals surface area contributed by atoms with Crippen molar-refractivity contribution in [1.82, 2.24) is 18.9 Å². The maximum absolute atomic E-state index is 13.6. The zero-order valence-corrected chi connectivity index (χ0v) is 23.8. The van der Waals surface area contributed by atoms with E-state index in [0.717, 1.165) is 40.7 Å². The molecule has 42 heavy (non-hydrogen) atoms. The van der Waals surface area contributed by atoms with Crippen molar-refractivity contribution in [2.75, 3.05) is 5.32 Å². The van der Waals surface area contributed by atoms with Crippen LogP contribution in [0.1, 0.15) is 71.2 Å². The number of benzene rings is 3. The van der Waals surface area contributed by atoms with Crippen LogP contribution in [0.25, 0.3) is 27.8 Å². The number of aryl methyl sites for hydroxylation is 2. The fraction of sp³-hybridized carbons (Fsp3) is 0.273. The number of anilines is 1. The molecule has 9 heteroatoms. The third-order valence-corrected chi connectivity index (χ3v) is 8.34. The highest BCUT2D eigenvalue weighted by molar-refractivity contribution is 6.13. The van der Waals surface area contributed by atoms with Crippen molar-refractivity contribution in [3.8, 4) is 16.9 Å². The van der Waals surface area contributed by atoms with Gasteiger partial charge in [0, 0.05) is 41.5 Å². The van der Waals surface area contributed by atoms with Crippen LogP contribution in [0.2, 0.25) is 0 Å². The lowest BCUT2D eigenvalue weighted by molar-refractivity contribution is 0.0996. The molecule has 2 aromatic heterocycles. The lowest BCUT2D eigenvalue weighted by atomic mass is 9.81. The summed E-state index contributed by atoms with van der Waals surface area (Å²) in [6.07, 6.45) is 7.36. The van der Waals surface area contributed by atoms with Crippen molar-refractivity contribution < 1.29 is 9.59 Å². The van der Waals surface area contributed by atoms with Gasteiger partial charge in [0.15, 0.2) is 0 Å². The number of rotatable bonds is 7. The summed E-state index contributed by atoms with van der Waals surface area (Å²) in [5, 5.41) is 8.05. The van der Waals surface area contributed by atoms with Crippen LogP contribution in [0.15, 0.2) is 77.9 Å². The smallest absolute Gasteiger partial charge is 0.350 e. The summed E-state index contributed by atoms with van der Waals surface area (Å²) in [6.45, 7) is 2.74. The first-order valence-electron chi connectivity index (χ1n) is 14.4. The number of nitrogens with two attached hydrogens (primary N) is 1. The maximum Gasteiger partial charge on any atom is 0.350 e. The van der Waals surface area contributed by atoms with Crippen molar-refractivity contribution in [3.05, 3.63) is 100 Å². The van der Waals surface area contributed by atoms with Gasteiger partial charge in [0.05, 0.1) is 16.8 Å². The number of nitrogens with one attached hydrogen (secondary N) is 1. The van der Waals surface area contributed by atoms with E-state index in [0.29, 0.717) is 29.3 Å². The summed E-state index contributed by atoms with van der Waals surface area (Å²) < 4.78 is 5.11. The van der Waals surface area contributed by atoms with E-state index in [1.54, 1.807) is 42.2 Å². The molecule has 2 amide bonds. The molecule has 5 aromatic rings. The van der Waals surface area contributed by atoms with Crippen LogP contribution in [0.3, 0.4) is 0 Å². The maximum atomic E-state index is 13.6. The highest BCUT2D eigenvalue weighted by Gasteiger charge is 2.24. The van der Waals surface area contributed by atoms with Gasteiger partial charge in [-0.2, -0.15) is 5.10 Å². The Bertz CT molecular complexity index is 1870. The highest BCUT2D eigenvalue weighted by atomic mass is 16.2. The molecule has 0 aliphatic heterocycles. The van der Waals surface area contributed by atoms with Gasteiger partial charge in [0.25, 0.3) is 5.91 Å². The molecule has 9 nitrogen and oxygen atoms in total. The Hall–Kier alpha value is -4.92. The van der Waals surface area contributed by atoms with Crippen LogP contribution in [-0.4, -0.2) is 30.7 Å². The Labute approximate surface area is 243 Å². The van der Waals surface area contributed by atoms with Crippen LogP contribution >= 0.6 is 0 Å². The van der Waals surface area contributed by atoms with Gasteiger partial charge < -0.3 is 15.6 Å². The number of carbonyl (C=O) groups is 2. The van der Waals surface area contributed by atoms with Gasteiger partial charge in [-0.15, -0.1) is 0 Å².